The highest BCUT2D eigenvalue weighted by atomic mass is 32.1. The Hall–Kier alpha value is -1.35. The molecular weight excluding hydrogens is 260 g/mol. The molecule has 0 saturated heterocycles. The molecule has 0 spiro atoms. The molecule has 5 heteroatoms. The molecule has 0 radical (unpaired) electrons. The molecule has 0 bridgehead atoms. The van der Waals surface area contributed by atoms with E-state index in [0.29, 0.717) is 26.1 Å². The predicted octanol–water partition coefficient (Wildman–Crippen LogP) is 1.44. The van der Waals surface area contributed by atoms with Crippen molar-refractivity contribution in [3.63, 3.8) is 0 Å². The zero-order valence-electron chi connectivity index (χ0n) is 11.4. The number of methoxy groups -OCH3 is 1. The molecule has 2 N–H and O–H groups in total. The van der Waals surface area contributed by atoms with E-state index in [1.165, 1.54) is 0 Å². The molecule has 0 aliphatic carbocycles. The van der Waals surface area contributed by atoms with E-state index >= 15 is 0 Å². The van der Waals surface area contributed by atoms with Gasteiger partial charge in [-0.15, -0.1) is 11.3 Å². The maximum atomic E-state index is 11.8. The zero-order chi connectivity index (χ0) is 14.1. The van der Waals surface area contributed by atoms with E-state index in [1.807, 2.05) is 18.5 Å². The van der Waals surface area contributed by atoms with Gasteiger partial charge in [-0.2, -0.15) is 0 Å². The van der Waals surface area contributed by atoms with Gasteiger partial charge in [0.1, 0.15) is 0 Å². The fourth-order valence-corrected chi connectivity index (χ4v) is 2.35. The van der Waals surface area contributed by atoms with Crippen molar-refractivity contribution in [2.45, 2.75) is 19.4 Å². The molecule has 19 heavy (non-hydrogen) atoms. The Labute approximate surface area is 118 Å². The smallest absolute Gasteiger partial charge is 0.222 e. The Morgan fingerprint density at radius 1 is 1.58 bits per heavy atom. The van der Waals surface area contributed by atoms with E-state index in [4.69, 9.17) is 10.5 Å². The maximum Gasteiger partial charge on any atom is 0.222 e. The topological polar surface area (TPSA) is 55.6 Å². The Morgan fingerprint density at radius 3 is 3.05 bits per heavy atom. The van der Waals surface area contributed by atoms with Gasteiger partial charge in [0.15, 0.2) is 0 Å². The van der Waals surface area contributed by atoms with Crippen LogP contribution in [0.2, 0.25) is 0 Å². The van der Waals surface area contributed by atoms with Crippen LogP contribution in [0.25, 0.3) is 0 Å². The second-order valence-electron chi connectivity index (χ2n) is 4.17. The van der Waals surface area contributed by atoms with Crippen molar-refractivity contribution in [2.24, 2.45) is 5.73 Å². The highest BCUT2D eigenvalue weighted by molar-refractivity contribution is 7.10. The number of ether oxygens (including phenoxy) is 1. The summed E-state index contributed by atoms with van der Waals surface area (Å²) >= 11 is 1.58. The number of hydrogen-bond donors (Lipinski definition) is 1. The molecule has 1 aromatic heterocycles. The summed E-state index contributed by atoms with van der Waals surface area (Å²) in [5.41, 5.74) is 6.43. The van der Waals surface area contributed by atoms with Crippen molar-refractivity contribution in [3.8, 4) is 11.8 Å². The van der Waals surface area contributed by atoms with E-state index in [2.05, 4.69) is 11.8 Å². The van der Waals surface area contributed by atoms with Crippen LogP contribution in [0.5, 0.6) is 0 Å². The summed E-state index contributed by atoms with van der Waals surface area (Å²) in [5, 5.41) is 2.03. The average Bonchev–Trinajstić information content (AvgIpc) is 2.84. The third-order valence-electron chi connectivity index (χ3n) is 2.55. The van der Waals surface area contributed by atoms with Crippen molar-refractivity contribution in [3.05, 3.63) is 21.9 Å². The van der Waals surface area contributed by atoms with Crippen molar-refractivity contribution in [1.29, 1.82) is 0 Å². The molecule has 0 saturated carbocycles. The molecule has 0 atom stereocenters. The molecule has 0 aromatic carbocycles. The predicted molar refractivity (Wildman–Crippen MR) is 77.8 cm³/mol. The highest BCUT2D eigenvalue weighted by Gasteiger charge is 2.09. The first-order valence-electron chi connectivity index (χ1n) is 6.16. The minimum absolute atomic E-state index is 0.137. The lowest BCUT2D eigenvalue weighted by atomic mass is 10.2. The third kappa shape index (κ3) is 5.88. The number of nitrogens with two attached hydrogens (primary N) is 1. The monoisotopic (exact) mass is 280 g/mol. The first kappa shape index (κ1) is 15.7. The minimum atomic E-state index is 0.137. The van der Waals surface area contributed by atoms with Gasteiger partial charge in [-0.1, -0.05) is 11.8 Å². The first-order valence-corrected chi connectivity index (χ1v) is 7.04. The maximum absolute atomic E-state index is 11.8. The van der Waals surface area contributed by atoms with Gasteiger partial charge >= 0.3 is 0 Å². The van der Waals surface area contributed by atoms with E-state index in [0.717, 1.165) is 16.9 Å². The molecule has 1 heterocycles. The molecule has 4 nitrogen and oxygen atoms in total. The Balaban J connectivity index is 2.45. The first-order chi connectivity index (χ1) is 9.17. The van der Waals surface area contributed by atoms with Crippen LogP contribution < -0.4 is 5.73 Å². The lowest BCUT2D eigenvalue weighted by molar-refractivity contribution is -0.130. The summed E-state index contributed by atoms with van der Waals surface area (Å²) in [5.74, 6) is 5.95. The number of rotatable bonds is 6. The summed E-state index contributed by atoms with van der Waals surface area (Å²) < 4.78 is 4.94. The van der Waals surface area contributed by atoms with Gasteiger partial charge in [0.25, 0.3) is 0 Å². The van der Waals surface area contributed by atoms with Crippen LogP contribution in [0, 0.1) is 11.8 Å². The van der Waals surface area contributed by atoms with Gasteiger partial charge in [-0.05, 0) is 23.4 Å². The second-order valence-corrected chi connectivity index (χ2v) is 5.08. The number of carbonyl (C=O) groups excluding carboxylic acids is 1. The Kier molecular flexibility index (Phi) is 7.19. The molecule has 0 aliphatic heterocycles. The van der Waals surface area contributed by atoms with Gasteiger partial charge in [0.2, 0.25) is 5.91 Å². The molecule has 104 valence electrons. The van der Waals surface area contributed by atoms with Gasteiger partial charge < -0.3 is 15.4 Å². The quantitative estimate of drug-likeness (QED) is 0.634. The molecule has 0 unspecified atom stereocenters. The fourth-order valence-electron chi connectivity index (χ4n) is 1.58. The Bertz CT molecular complexity index is 460. The average molecular weight is 280 g/mol. The van der Waals surface area contributed by atoms with Gasteiger partial charge in [0.05, 0.1) is 11.4 Å². The van der Waals surface area contributed by atoms with Gasteiger partial charge in [-0.25, -0.2) is 0 Å². The second kappa shape index (κ2) is 8.70. The number of nitrogens with zero attached hydrogens (tertiary/aromatic N) is 1. The normalized spacial score (nSPS) is 9.84. The van der Waals surface area contributed by atoms with Crippen LogP contribution >= 0.6 is 11.3 Å². The third-order valence-corrected chi connectivity index (χ3v) is 3.45. The van der Waals surface area contributed by atoms with Gasteiger partial charge in [-0.3, -0.25) is 4.79 Å². The van der Waals surface area contributed by atoms with E-state index in [9.17, 15) is 4.79 Å². The van der Waals surface area contributed by atoms with E-state index in [1.54, 1.807) is 23.3 Å². The summed E-state index contributed by atoms with van der Waals surface area (Å²) in [6.45, 7) is 1.61. The molecule has 1 amide bonds. The molecular formula is C14H20N2O2S. The SMILES string of the molecule is COCCCC(=O)N(C)Cc1csc(C#CCN)c1. The van der Waals surface area contributed by atoms with E-state index in [-0.39, 0.29) is 5.91 Å². The number of hydrogen-bond acceptors (Lipinski definition) is 4. The van der Waals surface area contributed by atoms with Crippen molar-refractivity contribution < 1.29 is 9.53 Å². The standard InChI is InChI=1S/C14H20N2O2S/c1-16(14(17)6-4-8-18-2)10-12-9-13(19-11-12)5-3-7-15/h9,11H,4,6-8,10,15H2,1-2H3. The summed E-state index contributed by atoms with van der Waals surface area (Å²) in [4.78, 5) is 14.6. The van der Waals surface area contributed by atoms with Crippen molar-refractivity contribution >= 4 is 17.2 Å². The molecule has 1 rings (SSSR count). The Morgan fingerprint density at radius 2 is 2.37 bits per heavy atom. The van der Waals surface area contributed by atoms with Crippen LogP contribution in [0.15, 0.2) is 11.4 Å². The lowest BCUT2D eigenvalue weighted by Crippen LogP contribution is -2.25. The number of thiophene rings is 1. The van der Waals surface area contributed by atoms with Crippen molar-refractivity contribution in [2.75, 3.05) is 27.3 Å². The van der Waals surface area contributed by atoms with Crippen molar-refractivity contribution in [1.82, 2.24) is 4.90 Å². The van der Waals surface area contributed by atoms with E-state index < -0.39 is 0 Å². The van der Waals surface area contributed by atoms with Crippen LogP contribution in [-0.2, 0) is 16.1 Å². The van der Waals surface area contributed by atoms with Crippen LogP contribution in [0.3, 0.4) is 0 Å². The molecule has 0 aliphatic rings. The molecule has 0 fully saturated rings. The summed E-state index contributed by atoms with van der Waals surface area (Å²) in [7, 11) is 3.46. The lowest BCUT2D eigenvalue weighted by Gasteiger charge is -2.16. The number of amides is 1. The molecule has 1 aromatic rings. The largest absolute Gasteiger partial charge is 0.385 e. The van der Waals surface area contributed by atoms with Crippen LogP contribution in [-0.4, -0.2) is 38.1 Å². The summed E-state index contributed by atoms with van der Waals surface area (Å²) in [6, 6.07) is 2.01. The fraction of sp³-hybridized carbons (Fsp3) is 0.500. The zero-order valence-corrected chi connectivity index (χ0v) is 12.3. The van der Waals surface area contributed by atoms with Crippen LogP contribution in [0.1, 0.15) is 23.3 Å². The highest BCUT2D eigenvalue weighted by Crippen LogP contribution is 2.15. The summed E-state index contributed by atoms with van der Waals surface area (Å²) in [6.07, 6.45) is 1.28. The van der Waals surface area contributed by atoms with Gasteiger partial charge in [0, 0.05) is 33.7 Å². The minimum Gasteiger partial charge on any atom is -0.385 e. The number of carbonyl (C=O) groups is 1. The van der Waals surface area contributed by atoms with Crippen LogP contribution in [0.4, 0.5) is 0 Å².